The van der Waals surface area contributed by atoms with Gasteiger partial charge in [0.05, 0.1) is 18.6 Å². The van der Waals surface area contributed by atoms with Crippen LogP contribution >= 0.6 is 0 Å². The molecular weight excluding hydrogens is 306 g/mol. The number of amides is 1. The van der Waals surface area contributed by atoms with Crippen molar-refractivity contribution in [2.24, 2.45) is 5.92 Å². The molecular formula is C18H25N3O3. The maximum Gasteiger partial charge on any atom is 0.289 e. The van der Waals surface area contributed by atoms with Gasteiger partial charge in [-0.3, -0.25) is 4.79 Å². The van der Waals surface area contributed by atoms with E-state index in [0.717, 1.165) is 31.4 Å². The van der Waals surface area contributed by atoms with E-state index in [-0.39, 0.29) is 29.7 Å². The Bertz CT molecular complexity index is 634. The Morgan fingerprint density at radius 3 is 2.88 bits per heavy atom. The second-order valence-electron chi connectivity index (χ2n) is 6.68. The van der Waals surface area contributed by atoms with Crippen LogP contribution in [0.25, 0.3) is 0 Å². The van der Waals surface area contributed by atoms with Gasteiger partial charge in [0.25, 0.3) is 5.91 Å². The summed E-state index contributed by atoms with van der Waals surface area (Å²) >= 11 is 0. The lowest BCUT2D eigenvalue weighted by Gasteiger charge is -2.35. The smallest absolute Gasteiger partial charge is 0.289 e. The van der Waals surface area contributed by atoms with E-state index in [1.807, 2.05) is 30.7 Å². The van der Waals surface area contributed by atoms with Crippen molar-refractivity contribution in [2.45, 2.75) is 51.8 Å². The zero-order chi connectivity index (χ0) is 17.1. The first kappa shape index (κ1) is 16.6. The van der Waals surface area contributed by atoms with E-state index in [1.54, 1.807) is 23.7 Å². The van der Waals surface area contributed by atoms with Crippen LogP contribution in [0.3, 0.4) is 0 Å². The summed E-state index contributed by atoms with van der Waals surface area (Å²) in [6.45, 7) is 5.41. The van der Waals surface area contributed by atoms with Gasteiger partial charge in [0, 0.05) is 31.1 Å². The fourth-order valence-corrected chi connectivity index (χ4v) is 3.58. The van der Waals surface area contributed by atoms with E-state index < -0.39 is 0 Å². The minimum atomic E-state index is -0.271. The number of ether oxygens (including phenoxy) is 1. The number of carbonyl (C=O) groups excluding carboxylic acids is 1. The molecule has 3 heterocycles. The monoisotopic (exact) mass is 331 g/mol. The minimum absolute atomic E-state index is 0.0872. The molecule has 2 aliphatic heterocycles. The van der Waals surface area contributed by atoms with Crippen molar-refractivity contribution < 1.29 is 14.6 Å². The molecule has 2 atom stereocenters. The van der Waals surface area contributed by atoms with E-state index in [4.69, 9.17) is 4.74 Å². The predicted octanol–water partition coefficient (Wildman–Crippen LogP) is 2.64. The molecule has 130 valence electrons. The number of rotatable bonds is 6. The number of aliphatic hydroxyl groups is 1. The van der Waals surface area contributed by atoms with Gasteiger partial charge in [-0.05, 0) is 31.3 Å². The molecule has 24 heavy (non-hydrogen) atoms. The number of allylic oxidation sites excluding steroid dienone is 1. The van der Waals surface area contributed by atoms with Gasteiger partial charge in [-0.25, -0.2) is 4.98 Å². The minimum Gasteiger partial charge on any atom is -0.503 e. The van der Waals surface area contributed by atoms with Crippen LogP contribution in [0.1, 0.15) is 33.1 Å². The fourth-order valence-electron chi connectivity index (χ4n) is 3.58. The first-order chi connectivity index (χ1) is 11.6. The second kappa shape index (κ2) is 7.11. The van der Waals surface area contributed by atoms with Gasteiger partial charge in [-0.2, -0.15) is 0 Å². The summed E-state index contributed by atoms with van der Waals surface area (Å²) < 4.78 is 7.78. The summed E-state index contributed by atoms with van der Waals surface area (Å²) in [6.07, 6.45) is 11.6. The molecule has 0 spiro atoms. The lowest BCUT2D eigenvalue weighted by Crippen LogP contribution is -2.46. The van der Waals surface area contributed by atoms with Gasteiger partial charge in [0.15, 0.2) is 5.76 Å². The summed E-state index contributed by atoms with van der Waals surface area (Å²) in [5, 5.41) is 10.4. The second-order valence-corrected chi connectivity index (χ2v) is 6.68. The standard InChI is InChI=1S/C18H25N3O3/c1-13(2)15-16(14-6-3-4-11-24-14)21(18(23)17(15)22)9-5-8-20-10-7-19-12-20/h4,7,10-14,16,22H,3,5-6,8-9H2,1-2H3. The van der Waals surface area contributed by atoms with Crippen molar-refractivity contribution in [2.75, 3.05) is 6.54 Å². The third-order valence-corrected chi connectivity index (χ3v) is 4.71. The summed E-state index contributed by atoms with van der Waals surface area (Å²) in [7, 11) is 0. The molecule has 1 aromatic rings. The van der Waals surface area contributed by atoms with E-state index in [1.165, 1.54) is 0 Å². The Kier molecular flexibility index (Phi) is 4.92. The van der Waals surface area contributed by atoms with Crippen molar-refractivity contribution in [1.82, 2.24) is 14.5 Å². The number of hydrogen-bond donors (Lipinski definition) is 1. The Morgan fingerprint density at radius 2 is 2.25 bits per heavy atom. The zero-order valence-electron chi connectivity index (χ0n) is 14.3. The van der Waals surface area contributed by atoms with Gasteiger partial charge in [0.1, 0.15) is 6.10 Å². The Balaban J connectivity index is 1.75. The van der Waals surface area contributed by atoms with Gasteiger partial charge >= 0.3 is 0 Å². The maximum atomic E-state index is 12.6. The molecule has 1 aromatic heterocycles. The van der Waals surface area contributed by atoms with Gasteiger partial charge in [0.2, 0.25) is 0 Å². The Labute approximate surface area is 142 Å². The number of aliphatic hydroxyl groups excluding tert-OH is 1. The molecule has 1 N–H and O–H groups in total. The van der Waals surface area contributed by atoms with Crippen LogP contribution in [0.2, 0.25) is 0 Å². The molecule has 0 aromatic carbocycles. The van der Waals surface area contributed by atoms with Crippen LogP contribution in [0.4, 0.5) is 0 Å². The average Bonchev–Trinajstić information content (AvgIpc) is 3.17. The number of nitrogens with zero attached hydrogens (tertiary/aromatic N) is 3. The molecule has 0 saturated heterocycles. The van der Waals surface area contributed by atoms with E-state index in [0.29, 0.717) is 6.54 Å². The summed E-state index contributed by atoms with van der Waals surface area (Å²) in [5.41, 5.74) is 0.808. The lowest BCUT2D eigenvalue weighted by atomic mass is 9.90. The third-order valence-electron chi connectivity index (χ3n) is 4.71. The molecule has 0 fully saturated rings. The number of aryl methyl sites for hydroxylation is 1. The number of carbonyl (C=O) groups is 1. The molecule has 1 amide bonds. The van der Waals surface area contributed by atoms with Crippen LogP contribution in [-0.2, 0) is 16.1 Å². The topological polar surface area (TPSA) is 67.6 Å². The SMILES string of the molecule is CC(C)C1=C(O)C(=O)N(CCCn2ccnc2)C1C1CCC=CO1. The van der Waals surface area contributed by atoms with Crippen molar-refractivity contribution in [1.29, 1.82) is 0 Å². The van der Waals surface area contributed by atoms with Gasteiger partial charge in [-0.1, -0.05) is 13.8 Å². The predicted molar refractivity (Wildman–Crippen MR) is 90.1 cm³/mol. The van der Waals surface area contributed by atoms with Crippen molar-refractivity contribution in [3.05, 3.63) is 42.4 Å². The molecule has 3 rings (SSSR count). The van der Waals surface area contributed by atoms with Crippen LogP contribution < -0.4 is 0 Å². The Hall–Kier alpha value is -2.24. The van der Waals surface area contributed by atoms with Crippen LogP contribution in [-0.4, -0.2) is 44.2 Å². The van der Waals surface area contributed by atoms with Crippen molar-refractivity contribution in [3.8, 4) is 0 Å². The molecule has 0 aliphatic carbocycles. The maximum absolute atomic E-state index is 12.6. The molecule has 0 radical (unpaired) electrons. The van der Waals surface area contributed by atoms with Crippen molar-refractivity contribution in [3.63, 3.8) is 0 Å². The van der Waals surface area contributed by atoms with Gasteiger partial charge < -0.3 is 19.3 Å². The molecule has 2 aliphatic rings. The third kappa shape index (κ3) is 3.18. The highest BCUT2D eigenvalue weighted by molar-refractivity contribution is 5.95. The molecule has 2 unspecified atom stereocenters. The highest BCUT2D eigenvalue weighted by Crippen LogP contribution is 2.35. The first-order valence-corrected chi connectivity index (χ1v) is 8.59. The van der Waals surface area contributed by atoms with Gasteiger partial charge in [-0.15, -0.1) is 0 Å². The Morgan fingerprint density at radius 1 is 1.42 bits per heavy atom. The largest absolute Gasteiger partial charge is 0.503 e. The summed E-state index contributed by atoms with van der Waals surface area (Å²) in [6, 6.07) is -0.176. The normalized spacial score (nSPS) is 24.1. The quantitative estimate of drug-likeness (QED) is 0.870. The highest BCUT2D eigenvalue weighted by atomic mass is 16.5. The molecule has 0 saturated carbocycles. The van der Waals surface area contributed by atoms with E-state index in [9.17, 15) is 9.90 Å². The molecule has 0 bridgehead atoms. The zero-order valence-corrected chi connectivity index (χ0v) is 14.3. The fraction of sp³-hybridized carbons (Fsp3) is 0.556. The number of hydrogen-bond acceptors (Lipinski definition) is 4. The van der Waals surface area contributed by atoms with Crippen molar-refractivity contribution >= 4 is 5.91 Å². The molecule has 6 nitrogen and oxygen atoms in total. The van der Waals surface area contributed by atoms with E-state index in [2.05, 4.69) is 4.98 Å². The van der Waals surface area contributed by atoms with Crippen LogP contribution in [0, 0.1) is 5.92 Å². The van der Waals surface area contributed by atoms with Crippen LogP contribution in [0.15, 0.2) is 42.4 Å². The summed E-state index contributed by atoms with van der Waals surface area (Å²) in [5.74, 6) is -0.254. The first-order valence-electron chi connectivity index (χ1n) is 8.59. The lowest BCUT2D eigenvalue weighted by molar-refractivity contribution is -0.131. The average molecular weight is 331 g/mol. The number of aromatic nitrogens is 2. The highest BCUT2D eigenvalue weighted by Gasteiger charge is 2.45. The summed E-state index contributed by atoms with van der Waals surface area (Å²) in [4.78, 5) is 18.4. The number of imidazole rings is 1. The van der Waals surface area contributed by atoms with Crippen LogP contribution in [0.5, 0.6) is 0 Å². The molecule has 6 heteroatoms. The van der Waals surface area contributed by atoms with E-state index >= 15 is 0 Å².